The van der Waals surface area contributed by atoms with Crippen molar-refractivity contribution >= 4 is 29.0 Å². The zero-order chi connectivity index (χ0) is 19.9. The molecule has 2 amide bonds. The van der Waals surface area contributed by atoms with E-state index in [2.05, 4.69) is 17.2 Å². The molecule has 0 bridgehead atoms. The number of imide groups is 1. The van der Waals surface area contributed by atoms with Crippen LogP contribution in [0.1, 0.15) is 31.5 Å². The lowest BCUT2D eigenvalue weighted by Gasteiger charge is -2.12. The SMILES string of the molecule is CCC(C)Oc1cccc(CCOc2ccc(C=C3SC(=O)NC3=O)cc2)n1. The first-order valence-electron chi connectivity index (χ1n) is 9.14. The minimum absolute atomic E-state index is 0.138. The predicted octanol–water partition coefficient (Wildman–Crippen LogP) is 4.20. The van der Waals surface area contributed by atoms with Gasteiger partial charge < -0.3 is 9.47 Å². The van der Waals surface area contributed by atoms with Gasteiger partial charge in [-0.1, -0.05) is 25.1 Å². The first-order chi connectivity index (χ1) is 13.5. The van der Waals surface area contributed by atoms with Crippen LogP contribution in [0.4, 0.5) is 4.79 Å². The molecule has 2 aromatic rings. The van der Waals surface area contributed by atoms with E-state index >= 15 is 0 Å². The van der Waals surface area contributed by atoms with E-state index in [0.29, 0.717) is 23.8 Å². The number of hydrogen-bond donors (Lipinski definition) is 1. The van der Waals surface area contributed by atoms with E-state index in [9.17, 15) is 9.59 Å². The molecule has 1 saturated heterocycles. The number of hydrogen-bond acceptors (Lipinski definition) is 6. The number of rotatable bonds is 8. The number of nitrogens with zero attached hydrogens (tertiary/aromatic N) is 1. The number of benzene rings is 1. The predicted molar refractivity (Wildman–Crippen MR) is 109 cm³/mol. The van der Waals surface area contributed by atoms with Gasteiger partial charge in [0.15, 0.2) is 0 Å². The van der Waals surface area contributed by atoms with Crippen molar-refractivity contribution in [1.82, 2.24) is 10.3 Å². The highest BCUT2D eigenvalue weighted by molar-refractivity contribution is 8.18. The van der Waals surface area contributed by atoms with E-state index in [4.69, 9.17) is 9.47 Å². The molecule has 28 heavy (non-hydrogen) atoms. The first-order valence-corrected chi connectivity index (χ1v) is 9.95. The van der Waals surface area contributed by atoms with Crippen molar-refractivity contribution in [2.75, 3.05) is 6.61 Å². The van der Waals surface area contributed by atoms with Gasteiger partial charge in [0.05, 0.1) is 17.6 Å². The Morgan fingerprint density at radius 2 is 1.96 bits per heavy atom. The van der Waals surface area contributed by atoms with Crippen LogP contribution in [0.2, 0.25) is 0 Å². The van der Waals surface area contributed by atoms with Gasteiger partial charge in [0, 0.05) is 18.2 Å². The molecule has 0 spiro atoms. The topological polar surface area (TPSA) is 77.5 Å². The molecule has 1 fully saturated rings. The Hall–Kier alpha value is -2.80. The van der Waals surface area contributed by atoms with E-state index < -0.39 is 0 Å². The van der Waals surface area contributed by atoms with E-state index in [1.54, 1.807) is 6.08 Å². The van der Waals surface area contributed by atoms with Crippen LogP contribution in [0.15, 0.2) is 47.4 Å². The average Bonchev–Trinajstić information content (AvgIpc) is 3.00. The molecule has 1 aromatic carbocycles. The third-order valence-electron chi connectivity index (χ3n) is 4.12. The van der Waals surface area contributed by atoms with Gasteiger partial charge in [0.25, 0.3) is 11.1 Å². The smallest absolute Gasteiger partial charge is 0.290 e. The minimum Gasteiger partial charge on any atom is -0.493 e. The third-order valence-corrected chi connectivity index (χ3v) is 4.94. The van der Waals surface area contributed by atoms with Crippen molar-refractivity contribution in [3.05, 3.63) is 58.6 Å². The number of pyridine rings is 1. The average molecular weight is 398 g/mol. The zero-order valence-corrected chi connectivity index (χ0v) is 16.6. The van der Waals surface area contributed by atoms with Crippen LogP contribution in [0.25, 0.3) is 6.08 Å². The summed E-state index contributed by atoms with van der Waals surface area (Å²) in [6.07, 6.45) is 3.42. The summed E-state index contributed by atoms with van der Waals surface area (Å²) in [6.45, 7) is 4.59. The molecule has 1 unspecified atom stereocenters. The molecular weight excluding hydrogens is 376 g/mol. The van der Waals surface area contributed by atoms with Gasteiger partial charge in [0.2, 0.25) is 5.88 Å². The molecule has 146 valence electrons. The van der Waals surface area contributed by atoms with Crippen molar-refractivity contribution < 1.29 is 19.1 Å². The largest absolute Gasteiger partial charge is 0.493 e. The summed E-state index contributed by atoms with van der Waals surface area (Å²) in [5.74, 6) is 1.01. The number of carbonyl (C=O) groups is 2. The zero-order valence-electron chi connectivity index (χ0n) is 15.8. The Balaban J connectivity index is 1.52. The van der Waals surface area contributed by atoms with Crippen LogP contribution in [0.3, 0.4) is 0 Å². The van der Waals surface area contributed by atoms with Crippen molar-refractivity contribution in [2.24, 2.45) is 0 Å². The van der Waals surface area contributed by atoms with Crippen molar-refractivity contribution in [1.29, 1.82) is 0 Å². The third kappa shape index (κ3) is 5.60. The summed E-state index contributed by atoms with van der Waals surface area (Å²) >= 11 is 0.903. The quantitative estimate of drug-likeness (QED) is 0.672. The summed E-state index contributed by atoms with van der Waals surface area (Å²) in [5, 5.41) is 1.89. The lowest BCUT2D eigenvalue weighted by atomic mass is 10.2. The van der Waals surface area contributed by atoms with E-state index in [-0.39, 0.29) is 17.3 Å². The van der Waals surface area contributed by atoms with Crippen LogP contribution in [-0.4, -0.2) is 28.8 Å². The second-order valence-corrected chi connectivity index (χ2v) is 7.34. The van der Waals surface area contributed by atoms with Crippen LogP contribution in [0, 0.1) is 0 Å². The molecule has 0 aliphatic carbocycles. The molecule has 6 nitrogen and oxygen atoms in total. The highest BCUT2D eigenvalue weighted by Gasteiger charge is 2.24. The lowest BCUT2D eigenvalue weighted by molar-refractivity contribution is -0.115. The highest BCUT2D eigenvalue weighted by atomic mass is 32.2. The molecule has 1 atom stereocenters. The molecule has 2 heterocycles. The first kappa shape index (κ1) is 19.9. The highest BCUT2D eigenvalue weighted by Crippen LogP contribution is 2.26. The second kappa shape index (κ2) is 9.41. The molecular formula is C21H22N2O4S. The molecule has 1 aliphatic rings. The second-order valence-electron chi connectivity index (χ2n) is 6.32. The van der Waals surface area contributed by atoms with Gasteiger partial charge in [-0.2, -0.15) is 0 Å². The number of thioether (sulfide) groups is 1. The number of aromatic nitrogens is 1. The van der Waals surface area contributed by atoms with Crippen LogP contribution in [0.5, 0.6) is 11.6 Å². The van der Waals surface area contributed by atoms with Gasteiger partial charge in [-0.05, 0) is 54.9 Å². The lowest BCUT2D eigenvalue weighted by Crippen LogP contribution is -2.17. The molecule has 0 saturated carbocycles. The molecule has 1 N–H and O–H groups in total. The fourth-order valence-corrected chi connectivity index (χ4v) is 3.14. The standard InChI is InChI=1S/C21H22N2O4S/c1-3-14(2)27-19-6-4-5-16(22-19)11-12-26-17-9-7-15(8-10-17)13-18-20(24)23-21(25)28-18/h4-10,13-14H,3,11-12H2,1-2H3,(H,23,24,25). The molecule has 1 aromatic heterocycles. The summed E-state index contributed by atoms with van der Waals surface area (Å²) in [7, 11) is 0. The number of amides is 2. The monoisotopic (exact) mass is 398 g/mol. The van der Waals surface area contributed by atoms with Crippen LogP contribution in [-0.2, 0) is 11.2 Å². The fourth-order valence-electron chi connectivity index (χ4n) is 2.46. The molecule has 0 radical (unpaired) electrons. The normalized spacial score (nSPS) is 16.1. The Bertz CT molecular complexity index is 880. The number of ether oxygens (including phenoxy) is 2. The van der Waals surface area contributed by atoms with Crippen molar-refractivity contribution in [3.63, 3.8) is 0 Å². The number of carbonyl (C=O) groups excluding carboxylic acids is 2. The van der Waals surface area contributed by atoms with Gasteiger partial charge in [0.1, 0.15) is 5.75 Å². The summed E-state index contributed by atoms with van der Waals surface area (Å²) < 4.78 is 11.5. The van der Waals surface area contributed by atoms with Crippen LogP contribution >= 0.6 is 11.8 Å². The number of nitrogens with one attached hydrogen (secondary N) is 1. The summed E-state index contributed by atoms with van der Waals surface area (Å²) in [4.78, 5) is 27.7. The van der Waals surface area contributed by atoms with E-state index in [1.807, 2.05) is 49.4 Å². The minimum atomic E-state index is -0.359. The summed E-state index contributed by atoms with van der Waals surface area (Å²) in [6, 6.07) is 13.1. The van der Waals surface area contributed by atoms with Gasteiger partial charge in [-0.15, -0.1) is 0 Å². The summed E-state index contributed by atoms with van der Waals surface area (Å²) in [5.41, 5.74) is 1.74. The van der Waals surface area contributed by atoms with E-state index in [0.717, 1.165) is 35.2 Å². The molecule has 7 heteroatoms. The maximum atomic E-state index is 11.6. The maximum absolute atomic E-state index is 11.6. The Morgan fingerprint density at radius 3 is 2.64 bits per heavy atom. The fraction of sp³-hybridized carbons (Fsp3) is 0.286. The van der Waals surface area contributed by atoms with Crippen molar-refractivity contribution in [2.45, 2.75) is 32.8 Å². The van der Waals surface area contributed by atoms with Gasteiger partial charge in [-0.3, -0.25) is 14.9 Å². The Kier molecular flexibility index (Phi) is 6.71. The Labute approximate surface area is 168 Å². The van der Waals surface area contributed by atoms with Gasteiger partial charge >= 0.3 is 0 Å². The maximum Gasteiger partial charge on any atom is 0.290 e. The molecule has 3 rings (SSSR count). The van der Waals surface area contributed by atoms with Crippen molar-refractivity contribution in [3.8, 4) is 11.6 Å². The van der Waals surface area contributed by atoms with E-state index in [1.165, 1.54) is 0 Å². The van der Waals surface area contributed by atoms with Gasteiger partial charge in [-0.25, -0.2) is 4.98 Å². The molecule has 1 aliphatic heterocycles. The van der Waals surface area contributed by atoms with Crippen LogP contribution < -0.4 is 14.8 Å². The Morgan fingerprint density at radius 1 is 1.18 bits per heavy atom.